The minimum absolute atomic E-state index is 0.145. The average Bonchev–Trinajstić information content (AvgIpc) is 3.12. The Morgan fingerprint density at radius 2 is 1.81 bits per heavy atom. The molecule has 2 fully saturated rings. The molecule has 2 amide bonds. The molecule has 0 aromatic heterocycles. The second kappa shape index (κ2) is 4.63. The minimum atomic E-state index is -0.188. The van der Waals surface area contributed by atoms with E-state index in [1.807, 2.05) is 24.3 Å². The second-order valence-corrected chi connectivity index (χ2v) is 6.70. The van der Waals surface area contributed by atoms with Gasteiger partial charge in [0.2, 0.25) is 0 Å². The third-order valence-corrected chi connectivity index (χ3v) is 5.11. The molecule has 0 N–H and O–H groups in total. The fraction of sp³-hybridized carbons (Fsp3) is 0.312. The van der Waals surface area contributed by atoms with Gasteiger partial charge in [-0.05, 0) is 36.0 Å². The average molecular weight is 345 g/mol. The van der Waals surface area contributed by atoms with Crippen LogP contribution in [0.2, 0.25) is 0 Å². The maximum absolute atomic E-state index is 12.4. The van der Waals surface area contributed by atoms with Crippen LogP contribution in [0.15, 0.2) is 46.0 Å². The van der Waals surface area contributed by atoms with Gasteiger partial charge < -0.3 is 0 Å². The number of carbonyl (C=O) groups is 2. The number of hydrogen-bond donors (Lipinski definition) is 0. The summed E-state index contributed by atoms with van der Waals surface area (Å²) in [6, 6.07) is 7.57. The summed E-state index contributed by atoms with van der Waals surface area (Å²) < 4.78 is 0.935. The van der Waals surface area contributed by atoms with Gasteiger partial charge in [0.15, 0.2) is 0 Å². The minimum Gasteiger partial charge on any atom is -0.272 e. The van der Waals surface area contributed by atoms with E-state index in [9.17, 15) is 9.59 Å². The highest BCUT2D eigenvalue weighted by Crippen LogP contribution is 2.52. The highest BCUT2D eigenvalue weighted by atomic mass is 79.9. The zero-order valence-corrected chi connectivity index (χ0v) is 12.7. The topological polar surface area (TPSA) is 49.7 Å². The Bertz CT molecular complexity index is 667. The number of hydrazone groups is 1. The Balaban J connectivity index is 1.60. The van der Waals surface area contributed by atoms with Crippen LogP contribution in [-0.2, 0) is 9.59 Å². The molecule has 1 aromatic carbocycles. The molecule has 4 atom stereocenters. The molecule has 1 saturated heterocycles. The highest BCUT2D eigenvalue weighted by molar-refractivity contribution is 9.10. The van der Waals surface area contributed by atoms with E-state index in [0.717, 1.165) is 21.5 Å². The van der Waals surface area contributed by atoms with Crippen LogP contribution in [-0.4, -0.2) is 23.0 Å². The van der Waals surface area contributed by atoms with E-state index in [1.165, 1.54) is 0 Å². The molecule has 5 heteroatoms. The Kier molecular flexibility index (Phi) is 2.85. The molecule has 0 radical (unpaired) electrons. The summed E-state index contributed by atoms with van der Waals surface area (Å²) in [4.78, 5) is 24.8. The lowest BCUT2D eigenvalue weighted by Gasteiger charge is -2.13. The van der Waals surface area contributed by atoms with Crippen molar-refractivity contribution in [3.8, 4) is 0 Å². The van der Waals surface area contributed by atoms with Crippen LogP contribution in [0.1, 0.15) is 12.0 Å². The van der Waals surface area contributed by atoms with E-state index in [4.69, 9.17) is 0 Å². The van der Waals surface area contributed by atoms with E-state index in [-0.39, 0.29) is 35.5 Å². The summed E-state index contributed by atoms with van der Waals surface area (Å²) in [6.07, 6.45) is 6.67. The van der Waals surface area contributed by atoms with Crippen molar-refractivity contribution in [2.45, 2.75) is 6.42 Å². The van der Waals surface area contributed by atoms with Gasteiger partial charge in [-0.1, -0.05) is 40.2 Å². The van der Waals surface area contributed by atoms with E-state index in [2.05, 4.69) is 33.2 Å². The normalized spacial score (nSPS) is 33.5. The van der Waals surface area contributed by atoms with Gasteiger partial charge >= 0.3 is 0 Å². The fourth-order valence-electron chi connectivity index (χ4n) is 3.71. The lowest BCUT2D eigenvalue weighted by atomic mass is 9.85. The van der Waals surface area contributed by atoms with Crippen LogP contribution < -0.4 is 0 Å². The highest BCUT2D eigenvalue weighted by Gasteiger charge is 2.59. The zero-order valence-electron chi connectivity index (χ0n) is 11.1. The smallest absolute Gasteiger partial charge is 0.254 e. The molecule has 4 rings (SSSR count). The maximum Gasteiger partial charge on any atom is 0.254 e. The number of benzene rings is 1. The van der Waals surface area contributed by atoms with Crippen LogP contribution in [0.4, 0.5) is 0 Å². The molecule has 0 spiro atoms. The summed E-state index contributed by atoms with van der Waals surface area (Å²) in [7, 11) is 0. The number of halogens is 1. The number of amides is 2. The standard InChI is InChI=1S/C16H13BrN2O2/c17-12-3-1-2-9(6-12)8-18-19-15(20)13-10-4-5-11(7-10)14(13)16(19)21/h1-6,8,10-11,13-14H,7H2/b18-8-/t10-,11-,13+,14+/m0/s1. The number of nitrogens with zero attached hydrogens (tertiary/aromatic N) is 2. The largest absolute Gasteiger partial charge is 0.272 e. The van der Waals surface area contributed by atoms with Crippen molar-refractivity contribution >= 4 is 34.0 Å². The molecule has 21 heavy (non-hydrogen) atoms. The molecule has 1 aliphatic heterocycles. The van der Waals surface area contributed by atoms with Gasteiger partial charge in [0.1, 0.15) is 0 Å². The van der Waals surface area contributed by atoms with Crippen molar-refractivity contribution in [1.29, 1.82) is 0 Å². The predicted molar refractivity (Wildman–Crippen MR) is 81.3 cm³/mol. The van der Waals surface area contributed by atoms with Crippen molar-refractivity contribution in [2.24, 2.45) is 28.8 Å². The monoisotopic (exact) mass is 344 g/mol. The number of carbonyl (C=O) groups excluding carboxylic acids is 2. The Morgan fingerprint density at radius 3 is 2.43 bits per heavy atom. The van der Waals surface area contributed by atoms with Crippen molar-refractivity contribution in [3.63, 3.8) is 0 Å². The van der Waals surface area contributed by atoms with E-state index in [1.54, 1.807) is 6.21 Å². The molecule has 2 aliphatic carbocycles. The van der Waals surface area contributed by atoms with Crippen LogP contribution in [0.5, 0.6) is 0 Å². The molecule has 1 saturated carbocycles. The molecule has 3 aliphatic rings. The summed E-state index contributed by atoms with van der Waals surface area (Å²) >= 11 is 3.39. The van der Waals surface area contributed by atoms with Crippen molar-refractivity contribution in [1.82, 2.24) is 5.01 Å². The predicted octanol–water partition coefficient (Wildman–Crippen LogP) is 2.59. The number of hydrogen-bond acceptors (Lipinski definition) is 3. The summed E-state index contributed by atoms with van der Waals surface area (Å²) in [5.41, 5.74) is 0.850. The molecular formula is C16H13BrN2O2. The zero-order chi connectivity index (χ0) is 14.6. The number of fused-ring (bicyclic) bond motifs is 5. The number of imide groups is 1. The second-order valence-electron chi connectivity index (χ2n) is 5.79. The first-order chi connectivity index (χ1) is 10.1. The first-order valence-corrected chi connectivity index (χ1v) is 7.80. The van der Waals surface area contributed by atoms with Crippen LogP contribution in [0.25, 0.3) is 0 Å². The summed E-state index contributed by atoms with van der Waals surface area (Å²) in [5, 5.41) is 5.21. The van der Waals surface area contributed by atoms with Gasteiger partial charge in [-0.15, -0.1) is 0 Å². The van der Waals surface area contributed by atoms with Gasteiger partial charge in [-0.3, -0.25) is 9.59 Å². The maximum atomic E-state index is 12.4. The van der Waals surface area contributed by atoms with Gasteiger partial charge in [0.25, 0.3) is 11.8 Å². The fourth-order valence-corrected chi connectivity index (χ4v) is 4.13. The first-order valence-electron chi connectivity index (χ1n) is 7.01. The lowest BCUT2D eigenvalue weighted by Crippen LogP contribution is -2.28. The van der Waals surface area contributed by atoms with Gasteiger partial charge in [-0.2, -0.15) is 10.1 Å². The number of allylic oxidation sites excluding steroid dienone is 2. The molecule has 4 nitrogen and oxygen atoms in total. The first kappa shape index (κ1) is 13.0. The van der Waals surface area contributed by atoms with Crippen molar-refractivity contribution < 1.29 is 9.59 Å². The Morgan fingerprint density at radius 1 is 1.14 bits per heavy atom. The number of rotatable bonds is 2. The molecule has 2 bridgehead atoms. The Hall–Kier alpha value is -1.75. The molecule has 1 heterocycles. The third kappa shape index (κ3) is 1.91. The van der Waals surface area contributed by atoms with Gasteiger partial charge in [0, 0.05) is 4.47 Å². The SMILES string of the molecule is O=C1[C@H]2[C@H](C(=O)N1/N=C\c1cccc(Br)c1)[C@H]1C=C[C@H]2C1. The van der Waals surface area contributed by atoms with Crippen LogP contribution >= 0.6 is 15.9 Å². The third-order valence-electron chi connectivity index (χ3n) is 4.62. The van der Waals surface area contributed by atoms with E-state index >= 15 is 0 Å². The summed E-state index contributed by atoms with van der Waals surface area (Å²) in [6.45, 7) is 0. The molecular weight excluding hydrogens is 332 g/mol. The quantitative estimate of drug-likeness (QED) is 0.470. The van der Waals surface area contributed by atoms with Crippen molar-refractivity contribution in [2.75, 3.05) is 0 Å². The summed E-state index contributed by atoms with van der Waals surface area (Å²) in [5.74, 6) is -0.217. The Labute approximate surface area is 130 Å². The molecule has 1 aromatic rings. The van der Waals surface area contributed by atoms with E-state index < -0.39 is 0 Å². The van der Waals surface area contributed by atoms with E-state index in [0.29, 0.717) is 0 Å². The molecule has 0 unspecified atom stereocenters. The van der Waals surface area contributed by atoms with Crippen LogP contribution in [0.3, 0.4) is 0 Å². The van der Waals surface area contributed by atoms with Crippen molar-refractivity contribution in [3.05, 3.63) is 46.5 Å². The van der Waals surface area contributed by atoms with Gasteiger partial charge in [0.05, 0.1) is 18.1 Å². The lowest BCUT2D eigenvalue weighted by molar-refractivity contribution is -0.140. The van der Waals surface area contributed by atoms with Crippen LogP contribution in [0, 0.1) is 23.7 Å². The molecule has 106 valence electrons. The van der Waals surface area contributed by atoms with Gasteiger partial charge in [-0.25, -0.2) is 0 Å².